The van der Waals surface area contributed by atoms with Gasteiger partial charge < -0.3 is 4.74 Å². The highest BCUT2D eigenvalue weighted by Crippen LogP contribution is 2.41. The average molecular weight is 308 g/mol. The third-order valence-electron chi connectivity index (χ3n) is 4.79. The van der Waals surface area contributed by atoms with Crippen molar-refractivity contribution in [2.24, 2.45) is 0 Å². The molecule has 2 aromatic rings. The molecular formula is C19H20N2O2. The van der Waals surface area contributed by atoms with Gasteiger partial charge in [-0.2, -0.15) is 0 Å². The Bertz CT molecular complexity index is 732. The fourth-order valence-electron chi connectivity index (χ4n) is 3.02. The Balaban J connectivity index is 1.51. The lowest BCUT2D eigenvalue weighted by molar-refractivity contribution is 0.0732. The van der Waals surface area contributed by atoms with Crippen molar-refractivity contribution in [3.05, 3.63) is 53.1 Å². The van der Waals surface area contributed by atoms with Crippen LogP contribution in [0.4, 0.5) is 0 Å². The normalized spacial score (nSPS) is 17.6. The second kappa shape index (κ2) is 5.76. The molecule has 118 valence electrons. The first kappa shape index (κ1) is 14.4. The Morgan fingerprint density at radius 1 is 1.09 bits per heavy atom. The van der Waals surface area contributed by atoms with E-state index in [4.69, 9.17) is 4.74 Å². The van der Waals surface area contributed by atoms with Gasteiger partial charge in [0.2, 0.25) is 0 Å². The molecule has 1 aromatic heterocycles. The van der Waals surface area contributed by atoms with Crippen LogP contribution in [0, 0.1) is 6.92 Å². The summed E-state index contributed by atoms with van der Waals surface area (Å²) < 4.78 is 5.53. The van der Waals surface area contributed by atoms with Gasteiger partial charge in [0.1, 0.15) is 17.1 Å². The van der Waals surface area contributed by atoms with Crippen molar-refractivity contribution in [1.82, 2.24) is 9.97 Å². The molecule has 2 saturated carbocycles. The summed E-state index contributed by atoms with van der Waals surface area (Å²) in [4.78, 5) is 21.1. The lowest BCUT2D eigenvalue weighted by atomic mass is 9.80. The van der Waals surface area contributed by atoms with E-state index in [1.165, 1.54) is 24.8 Å². The Kier molecular flexibility index (Phi) is 3.60. The summed E-state index contributed by atoms with van der Waals surface area (Å²) in [6.07, 6.45) is 7.63. The maximum atomic E-state index is 12.5. The number of aryl methyl sites for hydroxylation is 1. The highest BCUT2D eigenvalue weighted by atomic mass is 16.5. The molecule has 23 heavy (non-hydrogen) atoms. The summed E-state index contributed by atoms with van der Waals surface area (Å²) >= 11 is 0. The van der Waals surface area contributed by atoms with Crippen LogP contribution >= 0.6 is 0 Å². The van der Waals surface area contributed by atoms with Gasteiger partial charge in [-0.3, -0.25) is 0 Å². The van der Waals surface area contributed by atoms with Crippen LogP contribution in [0.2, 0.25) is 0 Å². The zero-order valence-electron chi connectivity index (χ0n) is 13.3. The molecule has 0 spiro atoms. The Morgan fingerprint density at radius 3 is 2.43 bits per heavy atom. The van der Waals surface area contributed by atoms with Gasteiger partial charge >= 0.3 is 5.97 Å². The van der Waals surface area contributed by atoms with Crippen LogP contribution < -0.4 is 4.74 Å². The molecule has 1 aromatic carbocycles. The Labute approximate surface area is 135 Å². The van der Waals surface area contributed by atoms with Gasteiger partial charge in [0.25, 0.3) is 0 Å². The Morgan fingerprint density at radius 2 is 1.83 bits per heavy atom. The first-order valence-electron chi connectivity index (χ1n) is 8.36. The molecule has 0 radical (unpaired) electrons. The van der Waals surface area contributed by atoms with Crippen molar-refractivity contribution in [2.45, 2.75) is 50.9 Å². The number of esters is 1. The van der Waals surface area contributed by atoms with Gasteiger partial charge in [0, 0.05) is 12.1 Å². The first-order valence-corrected chi connectivity index (χ1v) is 8.36. The van der Waals surface area contributed by atoms with E-state index in [2.05, 4.69) is 22.1 Å². The molecule has 4 heteroatoms. The number of hydrogen-bond acceptors (Lipinski definition) is 4. The number of aromatic nitrogens is 2. The molecule has 0 aliphatic heterocycles. The molecule has 0 saturated heterocycles. The summed E-state index contributed by atoms with van der Waals surface area (Å²) in [7, 11) is 0. The molecule has 2 aliphatic rings. The van der Waals surface area contributed by atoms with Crippen LogP contribution in [-0.2, 0) is 0 Å². The van der Waals surface area contributed by atoms with Crippen LogP contribution in [-0.4, -0.2) is 15.9 Å². The predicted molar refractivity (Wildman–Crippen MR) is 86.7 cm³/mol. The lowest BCUT2D eigenvalue weighted by Crippen LogP contribution is -2.14. The van der Waals surface area contributed by atoms with Crippen molar-refractivity contribution in [3.63, 3.8) is 0 Å². The maximum Gasteiger partial charge on any atom is 0.346 e. The van der Waals surface area contributed by atoms with E-state index in [1.54, 1.807) is 6.20 Å². The molecule has 0 amide bonds. The number of hydrogen-bond donors (Lipinski definition) is 0. The van der Waals surface area contributed by atoms with Gasteiger partial charge in [0.15, 0.2) is 0 Å². The third kappa shape index (κ3) is 2.98. The van der Waals surface area contributed by atoms with E-state index in [0.29, 0.717) is 29.0 Å². The second-order valence-electron chi connectivity index (χ2n) is 6.58. The van der Waals surface area contributed by atoms with Gasteiger partial charge in [-0.1, -0.05) is 18.6 Å². The molecule has 1 heterocycles. The van der Waals surface area contributed by atoms with Gasteiger partial charge in [-0.15, -0.1) is 0 Å². The number of benzene rings is 1. The summed E-state index contributed by atoms with van der Waals surface area (Å²) in [5, 5.41) is 0. The fourth-order valence-corrected chi connectivity index (χ4v) is 3.02. The maximum absolute atomic E-state index is 12.5. The van der Waals surface area contributed by atoms with Crippen molar-refractivity contribution < 1.29 is 9.53 Å². The molecule has 0 bridgehead atoms. The number of nitrogens with zero attached hydrogens (tertiary/aromatic N) is 2. The minimum Gasteiger partial charge on any atom is -0.423 e. The number of carbonyl (C=O) groups is 1. The second-order valence-corrected chi connectivity index (χ2v) is 6.58. The minimum atomic E-state index is -0.358. The largest absolute Gasteiger partial charge is 0.423 e. The quantitative estimate of drug-likeness (QED) is 0.629. The van der Waals surface area contributed by atoms with E-state index < -0.39 is 0 Å². The Hall–Kier alpha value is -2.23. The van der Waals surface area contributed by atoms with Crippen LogP contribution in [0.3, 0.4) is 0 Å². The van der Waals surface area contributed by atoms with E-state index in [-0.39, 0.29) is 5.97 Å². The summed E-state index contributed by atoms with van der Waals surface area (Å²) in [5.41, 5.74) is 2.68. The van der Waals surface area contributed by atoms with Gasteiger partial charge in [-0.25, -0.2) is 14.8 Å². The van der Waals surface area contributed by atoms with Crippen molar-refractivity contribution in [1.29, 1.82) is 0 Å². The molecule has 2 aliphatic carbocycles. The van der Waals surface area contributed by atoms with Gasteiger partial charge in [0.05, 0.1) is 5.69 Å². The van der Waals surface area contributed by atoms with Crippen molar-refractivity contribution >= 4 is 5.97 Å². The van der Waals surface area contributed by atoms with Gasteiger partial charge in [-0.05, 0) is 56.2 Å². The zero-order valence-corrected chi connectivity index (χ0v) is 13.3. The smallest absolute Gasteiger partial charge is 0.346 e. The molecule has 0 unspecified atom stereocenters. The standard InChI is InChI=1S/C19H20N2O2/c1-12-20-11-17(18(21-12)15-5-6-15)19(22)23-16-9-7-14(8-10-16)13-3-2-4-13/h7-11,13,15H,2-6H2,1H3. The van der Waals surface area contributed by atoms with E-state index in [1.807, 2.05) is 19.1 Å². The molecule has 4 rings (SSSR count). The molecule has 2 fully saturated rings. The third-order valence-corrected chi connectivity index (χ3v) is 4.79. The van der Waals surface area contributed by atoms with Crippen LogP contribution in [0.1, 0.15) is 71.4 Å². The van der Waals surface area contributed by atoms with Crippen LogP contribution in [0.25, 0.3) is 0 Å². The average Bonchev–Trinajstić information content (AvgIpc) is 3.32. The topological polar surface area (TPSA) is 52.1 Å². The molecule has 4 nitrogen and oxygen atoms in total. The summed E-state index contributed by atoms with van der Waals surface area (Å²) in [5.74, 6) is 2.00. The highest BCUT2D eigenvalue weighted by molar-refractivity contribution is 5.92. The molecular weight excluding hydrogens is 288 g/mol. The molecule has 0 atom stereocenters. The SMILES string of the molecule is Cc1ncc(C(=O)Oc2ccc(C3CCC3)cc2)c(C2CC2)n1. The van der Waals surface area contributed by atoms with Crippen molar-refractivity contribution in [2.75, 3.05) is 0 Å². The zero-order chi connectivity index (χ0) is 15.8. The summed E-state index contributed by atoms with van der Waals surface area (Å²) in [6.45, 7) is 1.85. The van der Waals surface area contributed by atoms with E-state index in [0.717, 1.165) is 18.5 Å². The first-order chi connectivity index (χ1) is 11.2. The molecule has 0 N–H and O–H groups in total. The van der Waals surface area contributed by atoms with E-state index in [9.17, 15) is 4.79 Å². The lowest BCUT2D eigenvalue weighted by Gasteiger charge is -2.25. The monoisotopic (exact) mass is 308 g/mol. The van der Waals surface area contributed by atoms with Crippen molar-refractivity contribution in [3.8, 4) is 5.75 Å². The predicted octanol–water partition coefficient (Wildman–Crippen LogP) is 4.15. The summed E-state index contributed by atoms with van der Waals surface area (Å²) in [6, 6.07) is 7.91. The van der Waals surface area contributed by atoms with Crippen LogP contribution in [0.5, 0.6) is 5.75 Å². The number of ether oxygens (including phenoxy) is 1. The number of rotatable bonds is 4. The number of carbonyl (C=O) groups excluding carboxylic acids is 1. The fraction of sp³-hybridized carbons (Fsp3) is 0.421. The van der Waals surface area contributed by atoms with E-state index >= 15 is 0 Å². The minimum absolute atomic E-state index is 0.358. The van der Waals surface area contributed by atoms with Crippen LogP contribution in [0.15, 0.2) is 30.5 Å². The highest BCUT2D eigenvalue weighted by Gasteiger charge is 2.31.